The number of benzene rings is 1. The molecule has 0 saturated heterocycles. The van der Waals surface area contributed by atoms with Crippen molar-refractivity contribution in [2.24, 2.45) is 0 Å². The van der Waals surface area contributed by atoms with Crippen LogP contribution >= 0.6 is 22.7 Å². The smallest absolute Gasteiger partial charge is 0.358 e. The number of aryl methyl sites for hydroxylation is 1. The molecule has 3 rings (SSSR count). The van der Waals surface area contributed by atoms with Crippen molar-refractivity contribution >= 4 is 34.6 Å². The molecule has 0 aliphatic heterocycles. The monoisotopic (exact) mass is 400 g/mol. The van der Waals surface area contributed by atoms with E-state index in [-0.39, 0.29) is 24.2 Å². The van der Waals surface area contributed by atoms with E-state index in [1.165, 1.54) is 16.9 Å². The summed E-state index contributed by atoms with van der Waals surface area (Å²) in [5.74, 6) is -0.890. The van der Waals surface area contributed by atoms with Gasteiger partial charge in [0.1, 0.15) is 5.01 Å². The summed E-state index contributed by atoms with van der Waals surface area (Å²) in [7, 11) is 0. The Hall–Kier alpha value is -2.51. The van der Waals surface area contributed by atoms with Gasteiger partial charge in [0.2, 0.25) is 0 Å². The molecule has 0 aliphatic rings. The lowest BCUT2D eigenvalue weighted by atomic mass is 10.1. The number of carbonyl (C=O) groups excluding carboxylic acids is 2. The second-order valence-corrected chi connectivity index (χ2v) is 7.89. The van der Waals surface area contributed by atoms with Gasteiger partial charge < -0.3 is 10.1 Å². The molecular formula is C20H20N2O3S2. The summed E-state index contributed by atoms with van der Waals surface area (Å²) >= 11 is 2.94. The normalized spacial score (nSPS) is 11.7. The molecule has 27 heavy (non-hydrogen) atoms. The van der Waals surface area contributed by atoms with Crippen LogP contribution in [0, 0.1) is 0 Å². The Bertz CT molecular complexity index is 876. The van der Waals surface area contributed by atoms with Crippen LogP contribution in [0.2, 0.25) is 0 Å². The minimum atomic E-state index is -0.582. The number of nitrogens with zero attached hydrogens (tertiary/aromatic N) is 1. The summed E-state index contributed by atoms with van der Waals surface area (Å²) in [5, 5.41) is 7.23. The number of esters is 1. The molecule has 5 nitrogen and oxygen atoms in total. The van der Waals surface area contributed by atoms with Gasteiger partial charge in [-0.1, -0.05) is 36.4 Å². The van der Waals surface area contributed by atoms with Crippen LogP contribution in [0.5, 0.6) is 0 Å². The van der Waals surface area contributed by atoms with E-state index < -0.39 is 5.97 Å². The van der Waals surface area contributed by atoms with Gasteiger partial charge >= 0.3 is 5.97 Å². The van der Waals surface area contributed by atoms with Crippen LogP contribution in [0.1, 0.15) is 29.4 Å². The molecule has 0 saturated carbocycles. The van der Waals surface area contributed by atoms with Gasteiger partial charge in [-0.2, -0.15) is 0 Å². The number of thiophene rings is 1. The highest BCUT2D eigenvalue weighted by molar-refractivity contribution is 7.20. The topological polar surface area (TPSA) is 68.3 Å². The Kier molecular flexibility index (Phi) is 6.73. The molecule has 140 valence electrons. The predicted octanol–water partition coefficient (Wildman–Crippen LogP) is 4.17. The van der Waals surface area contributed by atoms with Gasteiger partial charge in [0.25, 0.3) is 5.91 Å². The summed E-state index contributed by atoms with van der Waals surface area (Å²) in [6.07, 6.45) is 1.70. The third-order valence-electron chi connectivity index (χ3n) is 3.90. The third-order valence-corrected chi connectivity index (χ3v) is 5.78. The van der Waals surface area contributed by atoms with Crippen LogP contribution in [-0.4, -0.2) is 29.5 Å². The lowest BCUT2D eigenvalue weighted by molar-refractivity contribution is -0.124. The molecule has 0 bridgehead atoms. The van der Waals surface area contributed by atoms with Crippen LogP contribution in [0.15, 0.2) is 53.2 Å². The van der Waals surface area contributed by atoms with Crippen molar-refractivity contribution in [1.29, 1.82) is 0 Å². The van der Waals surface area contributed by atoms with Gasteiger partial charge in [0, 0.05) is 11.4 Å². The molecule has 3 aromatic rings. The first-order chi connectivity index (χ1) is 13.1. The van der Waals surface area contributed by atoms with Crippen molar-refractivity contribution in [3.05, 3.63) is 64.5 Å². The van der Waals surface area contributed by atoms with Crippen LogP contribution in [0.3, 0.4) is 0 Å². The van der Waals surface area contributed by atoms with Gasteiger partial charge in [-0.05, 0) is 36.8 Å². The first kappa shape index (κ1) is 19.3. The summed E-state index contributed by atoms with van der Waals surface area (Å²) in [5.41, 5.74) is 1.46. The standard InChI is InChI=1S/C20H20N2O3S2/c1-14(9-10-15-6-3-2-4-7-15)21-18(23)12-25-20(24)16-13-27-19(22-16)17-8-5-11-26-17/h2-8,11,13-14H,9-10,12H2,1H3,(H,21,23)/t14-/m0/s1. The van der Waals surface area contributed by atoms with E-state index in [0.717, 1.165) is 22.7 Å². The quantitative estimate of drug-likeness (QED) is 0.577. The Balaban J connectivity index is 1.41. The number of carbonyl (C=O) groups is 2. The molecule has 7 heteroatoms. The SMILES string of the molecule is C[C@@H](CCc1ccccc1)NC(=O)COC(=O)c1csc(-c2cccs2)n1. The molecule has 0 radical (unpaired) electrons. The van der Waals surface area contributed by atoms with Crippen molar-refractivity contribution < 1.29 is 14.3 Å². The number of ether oxygens (including phenoxy) is 1. The Labute approximate surface area is 166 Å². The summed E-state index contributed by atoms with van der Waals surface area (Å²) < 4.78 is 5.08. The molecule has 2 heterocycles. The van der Waals surface area contributed by atoms with Crippen molar-refractivity contribution in [2.75, 3.05) is 6.61 Å². The van der Waals surface area contributed by atoms with E-state index in [2.05, 4.69) is 22.4 Å². The zero-order valence-electron chi connectivity index (χ0n) is 14.9. The van der Waals surface area contributed by atoms with Gasteiger partial charge in [-0.25, -0.2) is 9.78 Å². The molecular weight excluding hydrogens is 380 g/mol. The maximum absolute atomic E-state index is 12.1. The summed E-state index contributed by atoms with van der Waals surface area (Å²) in [6.45, 7) is 1.64. The molecule has 0 fully saturated rings. The number of thiazole rings is 1. The van der Waals surface area contributed by atoms with E-state index in [1.807, 2.05) is 42.6 Å². The molecule has 1 N–H and O–H groups in total. The minimum absolute atomic E-state index is 0.00103. The molecule has 0 aliphatic carbocycles. The molecule has 1 aromatic carbocycles. The van der Waals surface area contributed by atoms with E-state index >= 15 is 0 Å². The zero-order chi connectivity index (χ0) is 19.1. The second kappa shape index (κ2) is 9.43. The average molecular weight is 401 g/mol. The summed E-state index contributed by atoms with van der Waals surface area (Å²) in [6, 6.07) is 14.0. The maximum atomic E-state index is 12.1. The Morgan fingerprint density at radius 3 is 2.70 bits per heavy atom. The van der Waals surface area contributed by atoms with Gasteiger partial charge in [0.15, 0.2) is 12.3 Å². The first-order valence-corrected chi connectivity index (χ1v) is 10.4. The van der Waals surface area contributed by atoms with E-state index in [4.69, 9.17) is 4.74 Å². The van der Waals surface area contributed by atoms with Gasteiger partial charge in [-0.15, -0.1) is 22.7 Å². The molecule has 2 aromatic heterocycles. The fourth-order valence-electron chi connectivity index (χ4n) is 2.50. The molecule has 1 amide bonds. The van der Waals surface area contributed by atoms with Gasteiger partial charge in [-0.3, -0.25) is 4.79 Å². The lowest BCUT2D eigenvalue weighted by Crippen LogP contribution is -2.36. The fourth-order valence-corrected chi connectivity index (χ4v) is 4.11. The first-order valence-electron chi connectivity index (χ1n) is 8.61. The third kappa shape index (κ3) is 5.74. The van der Waals surface area contributed by atoms with Crippen molar-refractivity contribution in [3.8, 4) is 9.88 Å². The zero-order valence-corrected chi connectivity index (χ0v) is 16.5. The number of aromatic nitrogens is 1. The van der Waals surface area contributed by atoms with Crippen molar-refractivity contribution in [2.45, 2.75) is 25.8 Å². The molecule has 0 spiro atoms. The van der Waals surface area contributed by atoms with Crippen LogP contribution in [0.25, 0.3) is 9.88 Å². The van der Waals surface area contributed by atoms with Crippen LogP contribution in [0.4, 0.5) is 0 Å². The predicted molar refractivity (Wildman–Crippen MR) is 108 cm³/mol. The summed E-state index contributed by atoms with van der Waals surface area (Å²) in [4.78, 5) is 29.3. The largest absolute Gasteiger partial charge is 0.451 e. The number of hydrogen-bond acceptors (Lipinski definition) is 6. The molecule has 1 atom stereocenters. The number of hydrogen-bond donors (Lipinski definition) is 1. The Morgan fingerprint density at radius 1 is 1.15 bits per heavy atom. The number of nitrogens with one attached hydrogen (secondary N) is 1. The second-order valence-electron chi connectivity index (χ2n) is 6.08. The van der Waals surface area contributed by atoms with E-state index in [0.29, 0.717) is 0 Å². The lowest BCUT2D eigenvalue weighted by Gasteiger charge is -2.13. The average Bonchev–Trinajstić information content (AvgIpc) is 3.36. The number of rotatable bonds is 8. The fraction of sp³-hybridized carbons (Fsp3) is 0.250. The highest BCUT2D eigenvalue weighted by Crippen LogP contribution is 2.27. The van der Waals surface area contributed by atoms with Crippen molar-refractivity contribution in [1.82, 2.24) is 10.3 Å². The van der Waals surface area contributed by atoms with Gasteiger partial charge in [0.05, 0.1) is 4.88 Å². The van der Waals surface area contributed by atoms with E-state index in [1.54, 1.807) is 16.7 Å². The van der Waals surface area contributed by atoms with Crippen molar-refractivity contribution in [3.63, 3.8) is 0 Å². The maximum Gasteiger partial charge on any atom is 0.358 e. The number of amides is 1. The highest BCUT2D eigenvalue weighted by Gasteiger charge is 2.16. The van der Waals surface area contributed by atoms with Crippen LogP contribution in [-0.2, 0) is 16.0 Å². The highest BCUT2D eigenvalue weighted by atomic mass is 32.1. The molecule has 0 unspecified atom stereocenters. The van der Waals surface area contributed by atoms with E-state index in [9.17, 15) is 9.59 Å². The Morgan fingerprint density at radius 2 is 1.96 bits per heavy atom. The van der Waals surface area contributed by atoms with Crippen LogP contribution < -0.4 is 5.32 Å². The minimum Gasteiger partial charge on any atom is -0.451 e.